The van der Waals surface area contributed by atoms with Crippen LogP contribution in [0.5, 0.6) is 0 Å². The molecule has 0 radical (unpaired) electrons. The van der Waals surface area contributed by atoms with Gasteiger partial charge in [-0.15, -0.1) is 0 Å². The molecule has 3 N–H and O–H groups in total. The van der Waals surface area contributed by atoms with E-state index in [1.165, 1.54) is 6.92 Å². The Morgan fingerprint density at radius 1 is 1.07 bits per heavy atom. The molecule has 0 aliphatic heterocycles. The van der Waals surface area contributed by atoms with Crippen molar-refractivity contribution in [2.24, 2.45) is 34.5 Å². The van der Waals surface area contributed by atoms with E-state index >= 15 is 0 Å². The molecule has 0 spiro atoms. The van der Waals surface area contributed by atoms with Gasteiger partial charge < -0.3 is 20.1 Å². The predicted octanol–water partition coefficient (Wildman–Crippen LogP) is 3.04. The third-order valence-electron chi connectivity index (χ3n) is 9.88. The van der Waals surface area contributed by atoms with E-state index in [1.54, 1.807) is 6.92 Å². The largest absolute Gasteiger partial charge is 0.463 e. The molecule has 4 rings (SSSR count). The summed E-state index contributed by atoms with van der Waals surface area (Å²) in [4.78, 5) is 11.4. The van der Waals surface area contributed by atoms with Gasteiger partial charge in [-0.05, 0) is 87.4 Å². The number of hydrogen-bond donors (Lipinski definition) is 3. The number of carbonyl (C=O) groups is 1. The lowest BCUT2D eigenvalue weighted by molar-refractivity contribution is -0.209. The smallest absolute Gasteiger partial charge is 0.302 e. The van der Waals surface area contributed by atoms with Gasteiger partial charge in [0.2, 0.25) is 0 Å². The molecule has 0 aromatic rings. The Hall–Kier alpha value is -0.650. The van der Waals surface area contributed by atoms with Gasteiger partial charge in [-0.3, -0.25) is 4.79 Å². The molecule has 28 heavy (non-hydrogen) atoms. The number of aliphatic hydroxyl groups is 3. The summed E-state index contributed by atoms with van der Waals surface area (Å²) < 4.78 is 5.54. The number of aliphatic hydroxyl groups excluding tert-OH is 2. The molecule has 0 bridgehead atoms. The molecular formula is C23H38O5. The maximum atomic E-state index is 11.4. The second-order valence-electron chi connectivity index (χ2n) is 10.9. The summed E-state index contributed by atoms with van der Waals surface area (Å²) >= 11 is 0. The van der Waals surface area contributed by atoms with Crippen LogP contribution in [-0.2, 0) is 9.53 Å². The summed E-state index contributed by atoms with van der Waals surface area (Å²) in [7, 11) is 0. The molecule has 160 valence electrons. The van der Waals surface area contributed by atoms with Crippen LogP contribution in [0.3, 0.4) is 0 Å². The summed E-state index contributed by atoms with van der Waals surface area (Å²) in [5, 5.41) is 32.5. The minimum absolute atomic E-state index is 0.0645. The molecule has 0 amide bonds. The van der Waals surface area contributed by atoms with Crippen LogP contribution in [0.1, 0.15) is 79.1 Å². The van der Waals surface area contributed by atoms with E-state index in [0.29, 0.717) is 24.2 Å². The number of carbonyl (C=O) groups excluding carboxylic acids is 1. The van der Waals surface area contributed by atoms with Gasteiger partial charge in [-0.2, -0.15) is 0 Å². The van der Waals surface area contributed by atoms with E-state index < -0.39 is 23.2 Å². The zero-order valence-corrected chi connectivity index (χ0v) is 17.9. The zero-order valence-electron chi connectivity index (χ0n) is 17.9. The van der Waals surface area contributed by atoms with Crippen LogP contribution >= 0.6 is 0 Å². The van der Waals surface area contributed by atoms with Crippen molar-refractivity contribution in [3.63, 3.8) is 0 Å². The van der Waals surface area contributed by atoms with Crippen LogP contribution in [0.4, 0.5) is 0 Å². The third-order valence-corrected chi connectivity index (χ3v) is 9.88. The van der Waals surface area contributed by atoms with Gasteiger partial charge in [-0.25, -0.2) is 0 Å². The van der Waals surface area contributed by atoms with Crippen molar-refractivity contribution in [2.45, 2.75) is 103 Å². The molecule has 0 aromatic carbocycles. The van der Waals surface area contributed by atoms with Crippen molar-refractivity contribution in [1.82, 2.24) is 0 Å². The minimum Gasteiger partial charge on any atom is -0.463 e. The van der Waals surface area contributed by atoms with Crippen molar-refractivity contribution in [1.29, 1.82) is 0 Å². The van der Waals surface area contributed by atoms with E-state index in [0.717, 1.165) is 44.9 Å². The fourth-order valence-corrected chi connectivity index (χ4v) is 8.37. The van der Waals surface area contributed by atoms with Crippen molar-refractivity contribution in [3.8, 4) is 0 Å². The second kappa shape index (κ2) is 6.68. The monoisotopic (exact) mass is 394 g/mol. The molecule has 0 saturated heterocycles. The topological polar surface area (TPSA) is 87.0 Å². The predicted molar refractivity (Wildman–Crippen MR) is 105 cm³/mol. The quantitative estimate of drug-likeness (QED) is 0.627. The molecule has 0 heterocycles. The van der Waals surface area contributed by atoms with Crippen LogP contribution in [0.2, 0.25) is 0 Å². The summed E-state index contributed by atoms with van der Waals surface area (Å²) in [6, 6.07) is 0. The molecule has 5 nitrogen and oxygen atoms in total. The molecule has 10 atom stereocenters. The lowest BCUT2D eigenvalue weighted by atomic mass is 9.44. The summed E-state index contributed by atoms with van der Waals surface area (Å²) in [6.07, 6.45) is 6.02. The lowest BCUT2D eigenvalue weighted by Crippen LogP contribution is -2.61. The van der Waals surface area contributed by atoms with Crippen LogP contribution < -0.4 is 0 Å². The molecule has 0 unspecified atom stereocenters. The number of ether oxygens (including phenoxy) is 1. The van der Waals surface area contributed by atoms with Crippen LogP contribution in [0, 0.1) is 34.5 Å². The van der Waals surface area contributed by atoms with Gasteiger partial charge in [0.05, 0.1) is 12.2 Å². The minimum atomic E-state index is -1.41. The van der Waals surface area contributed by atoms with Gasteiger partial charge in [0.25, 0.3) is 0 Å². The Morgan fingerprint density at radius 2 is 1.79 bits per heavy atom. The highest BCUT2D eigenvalue weighted by Crippen LogP contribution is 2.68. The van der Waals surface area contributed by atoms with E-state index in [9.17, 15) is 20.1 Å². The first-order chi connectivity index (χ1) is 13.0. The molecule has 4 aliphatic rings. The van der Waals surface area contributed by atoms with E-state index in [4.69, 9.17) is 4.74 Å². The van der Waals surface area contributed by atoms with Crippen molar-refractivity contribution in [2.75, 3.05) is 0 Å². The highest BCUT2D eigenvalue weighted by Gasteiger charge is 2.69. The number of fused-ring (bicyclic) bond motifs is 5. The average molecular weight is 395 g/mol. The van der Waals surface area contributed by atoms with Gasteiger partial charge >= 0.3 is 5.97 Å². The Morgan fingerprint density at radius 3 is 2.43 bits per heavy atom. The number of rotatable bonds is 2. The average Bonchev–Trinajstić information content (AvgIpc) is 2.83. The van der Waals surface area contributed by atoms with Crippen molar-refractivity contribution in [3.05, 3.63) is 0 Å². The van der Waals surface area contributed by atoms with E-state index in [1.807, 2.05) is 0 Å². The summed E-state index contributed by atoms with van der Waals surface area (Å²) in [6.45, 7) is 7.66. The maximum absolute atomic E-state index is 11.4. The first kappa shape index (κ1) is 20.6. The van der Waals surface area contributed by atoms with Crippen molar-refractivity contribution < 1.29 is 24.9 Å². The van der Waals surface area contributed by atoms with Gasteiger partial charge in [0, 0.05) is 12.3 Å². The number of esters is 1. The highest BCUT2D eigenvalue weighted by atomic mass is 16.5. The zero-order chi connectivity index (χ0) is 20.5. The maximum Gasteiger partial charge on any atom is 0.302 e. The Labute approximate surface area is 168 Å². The first-order valence-corrected chi connectivity index (χ1v) is 11.3. The first-order valence-electron chi connectivity index (χ1n) is 11.3. The molecule has 4 saturated carbocycles. The van der Waals surface area contributed by atoms with Crippen LogP contribution in [-0.4, -0.2) is 45.2 Å². The van der Waals surface area contributed by atoms with Crippen LogP contribution in [0.15, 0.2) is 0 Å². The van der Waals surface area contributed by atoms with Crippen molar-refractivity contribution >= 4 is 5.97 Å². The Kier molecular flexibility index (Phi) is 4.92. The molecule has 0 aromatic heterocycles. The molecular weight excluding hydrogens is 356 g/mol. The fraction of sp³-hybridized carbons (Fsp3) is 0.957. The standard InChI is InChI=1S/C23H38O5/c1-13(24)23(27)20(26)12-19-17-6-5-15-11-16(28-14(2)25)7-9-21(15,3)18(17)8-10-22(19,23)4/h13,15-20,24,26-27H,5-12H2,1-4H3/t13-,15+,16+,17+,18-,19-,20-,21+,22+,23-/m1/s1. The van der Waals surface area contributed by atoms with E-state index in [2.05, 4.69) is 13.8 Å². The van der Waals surface area contributed by atoms with Gasteiger partial charge in [-0.1, -0.05) is 13.8 Å². The number of hydrogen-bond acceptors (Lipinski definition) is 5. The Bertz CT molecular complexity index is 634. The Balaban J connectivity index is 1.58. The van der Waals surface area contributed by atoms with Gasteiger partial charge in [0.15, 0.2) is 0 Å². The highest BCUT2D eigenvalue weighted by molar-refractivity contribution is 5.66. The molecule has 4 fully saturated rings. The SMILES string of the molecule is CC(=O)O[C@H]1CC[C@@]2(C)[C@@H](CC[C@H]3[C@H]2CC[C@@]2(C)[C@@H]3C[C@@H](O)[C@]2(O)[C@@H](C)O)C1. The summed E-state index contributed by atoms with van der Waals surface area (Å²) in [5.74, 6) is 1.75. The van der Waals surface area contributed by atoms with Crippen LogP contribution in [0.25, 0.3) is 0 Å². The fourth-order valence-electron chi connectivity index (χ4n) is 8.37. The summed E-state index contributed by atoms with van der Waals surface area (Å²) in [5.41, 5.74) is -1.59. The second-order valence-corrected chi connectivity index (χ2v) is 10.9. The normalized spacial score (nSPS) is 54.2. The van der Waals surface area contributed by atoms with E-state index in [-0.39, 0.29) is 23.4 Å². The lowest BCUT2D eigenvalue weighted by Gasteiger charge is -2.61. The molecule has 4 aliphatic carbocycles. The van der Waals surface area contributed by atoms with Gasteiger partial charge in [0.1, 0.15) is 11.7 Å². The molecule has 5 heteroatoms. The third kappa shape index (κ3) is 2.65.